The third-order valence-electron chi connectivity index (χ3n) is 1.51. The molecule has 0 aliphatic rings. The highest BCUT2D eigenvalue weighted by Gasteiger charge is 1.94. The molecule has 1 aromatic rings. The van der Waals surface area contributed by atoms with Crippen LogP contribution in [-0.2, 0) is 0 Å². The van der Waals surface area contributed by atoms with Crippen LogP contribution in [0.2, 0.25) is 0 Å². The Morgan fingerprint density at radius 3 is 2.38 bits per heavy atom. The standard InChI is InChI=1S/C9H12N2.C2H6/c1-7-4-8(2)9(6-10-3)11-5-7;1-2/h4-6H,1-3H3;1-2H3. The minimum absolute atomic E-state index is 0.957. The van der Waals surface area contributed by atoms with Gasteiger partial charge in [-0.3, -0.25) is 9.98 Å². The molecule has 0 unspecified atom stereocenters. The molecule has 1 aromatic heterocycles. The van der Waals surface area contributed by atoms with Crippen molar-refractivity contribution in [2.75, 3.05) is 7.05 Å². The fourth-order valence-electron chi connectivity index (χ4n) is 0.983. The molecule has 2 heteroatoms. The number of nitrogens with zero attached hydrogens (tertiary/aromatic N) is 2. The fourth-order valence-corrected chi connectivity index (χ4v) is 0.983. The highest BCUT2D eigenvalue weighted by atomic mass is 14.7. The third-order valence-corrected chi connectivity index (χ3v) is 1.51. The summed E-state index contributed by atoms with van der Waals surface area (Å²) in [6, 6.07) is 2.10. The molecule has 1 heterocycles. The molecule has 0 atom stereocenters. The number of rotatable bonds is 1. The maximum Gasteiger partial charge on any atom is 0.0836 e. The van der Waals surface area contributed by atoms with Crippen molar-refractivity contribution in [3.63, 3.8) is 0 Å². The molecule has 1 rings (SSSR count). The van der Waals surface area contributed by atoms with Gasteiger partial charge in [0.2, 0.25) is 0 Å². The van der Waals surface area contributed by atoms with Gasteiger partial charge < -0.3 is 0 Å². The molecule has 2 nitrogen and oxygen atoms in total. The van der Waals surface area contributed by atoms with E-state index in [9.17, 15) is 0 Å². The van der Waals surface area contributed by atoms with E-state index in [0.717, 1.165) is 5.69 Å². The first kappa shape index (κ1) is 11.8. The molecule has 72 valence electrons. The SMILES string of the molecule is CC.CN=Cc1ncc(C)cc1C. The highest BCUT2D eigenvalue weighted by molar-refractivity contribution is 5.78. The largest absolute Gasteiger partial charge is 0.294 e. The van der Waals surface area contributed by atoms with Crippen LogP contribution in [0.15, 0.2) is 17.3 Å². The molecule has 0 bridgehead atoms. The van der Waals surface area contributed by atoms with Crippen molar-refractivity contribution < 1.29 is 0 Å². The van der Waals surface area contributed by atoms with E-state index in [1.165, 1.54) is 11.1 Å². The van der Waals surface area contributed by atoms with Gasteiger partial charge in [0.05, 0.1) is 5.69 Å². The maximum absolute atomic E-state index is 4.22. The topological polar surface area (TPSA) is 25.2 Å². The lowest BCUT2D eigenvalue weighted by molar-refractivity contribution is 1.20. The van der Waals surface area contributed by atoms with Gasteiger partial charge in [-0.1, -0.05) is 19.9 Å². The zero-order valence-corrected chi connectivity index (χ0v) is 9.13. The van der Waals surface area contributed by atoms with Gasteiger partial charge in [-0.15, -0.1) is 0 Å². The molecule has 0 radical (unpaired) electrons. The third kappa shape index (κ3) is 3.83. The molecule has 0 aromatic carbocycles. The van der Waals surface area contributed by atoms with Crippen LogP contribution in [0.1, 0.15) is 30.7 Å². The summed E-state index contributed by atoms with van der Waals surface area (Å²) in [6.07, 6.45) is 3.62. The minimum Gasteiger partial charge on any atom is -0.294 e. The molecular formula is C11H18N2. The zero-order valence-electron chi connectivity index (χ0n) is 9.13. The Balaban J connectivity index is 0.000000671. The molecule has 0 aliphatic carbocycles. The fraction of sp³-hybridized carbons (Fsp3) is 0.455. The molecule has 13 heavy (non-hydrogen) atoms. The van der Waals surface area contributed by atoms with Crippen molar-refractivity contribution in [2.24, 2.45) is 4.99 Å². The number of aryl methyl sites for hydroxylation is 2. The summed E-state index contributed by atoms with van der Waals surface area (Å²) < 4.78 is 0. The number of aromatic nitrogens is 1. The summed E-state index contributed by atoms with van der Waals surface area (Å²) in [4.78, 5) is 8.13. The molecule has 0 aliphatic heterocycles. The van der Waals surface area contributed by atoms with E-state index in [1.54, 1.807) is 13.3 Å². The van der Waals surface area contributed by atoms with Gasteiger partial charge in [0.15, 0.2) is 0 Å². The first-order valence-corrected chi connectivity index (χ1v) is 4.59. The lowest BCUT2D eigenvalue weighted by atomic mass is 10.2. The molecule has 0 saturated heterocycles. The van der Waals surface area contributed by atoms with E-state index in [-0.39, 0.29) is 0 Å². The van der Waals surface area contributed by atoms with Gasteiger partial charge in [-0.25, -0.2) is 0 Å². The quantitative estimate of drug-likeness (QED) is 0.607. The molecule has 0 fully saturated rings. The van der Waals surface area contributed by atoms with Crippen molar-refractivity contribution in [3.8, 4) is 0 Å². The first-order valence-electron chi connectivity index (χ1n) is 4.59. The van der Waals surface area contributed by atoms with E-state index in [4.69, 9.17) is 0 Å². The summed E-state index contributed by atoms with van der Waals surface area (Å²) >= 11 is 0. The summed E-state index contributed by atoms with van der Waals surface area (Å²) in [5.74, 6) is 0. The second kappa shape index (κ2) is 6.35. The van der Waals surface area contributed by atoms with Crippen LogP contribution in [0.4, 0.5) is 0 Å². The molecular weight excluding hydrogens is 160 g/mol. The summed E-state index contributed by atoms with van der Waals surface area (Å²) in [7, 11) is 1.75. The number of hydrogen-bond donors (Lipinski definition) is 0. The van der Waals surface area contributed by atoms with Gasteiger partial charge in [0.25, 0.3) is 0 Å². The Kier molecular flexibility index (Phi) is 5.77. The van der Waals surface area contributed by atoms with E-state index >= 15 is 0 Å². The van der Waals surface area contributed by atoms with E-state index < -0.39 is 0 Å². The van der Waals surface area contributed by atoms with E-state index in [2.05, 4.69) is 16.0 Å². The second-order valence-electron chi connectivity index (χ2n) is 2.60. The van der Waals surface area contributed by atoms with Crippen LogP contribution in [0.5, 0.6) is 0 Å². The number of aliphatic imine (C=N–C) groups is 1. The monoisotopic (exact) mass is 178 g/mol. The molecule has 0 saturated carbocycles. The van der Waals surface area contributed by atoms with Crippen LogP contribution in [0.25, 0.3) is 0 Å². The average Bonchev–Trinajstić information content (AvgIpc) is 2.14. The van der Waals surface area contributed by atoms with Crippen LogP contribution in [0, 0.1) is 13.8 Å². The van der Waals surface area contributed by atoms with E-state index in [0.29, 0.717) is 0 Å². The number of hydrogen-bond acceptors (Lipinski definition) is 2. The molecule has 0 amide bonds. The minimum atomic E-state index is 0.957. The Bertz CT molecular complexity index is 277. The Morgan fingerprint density at radius 1 is 1.31 bits per heavy atom. The first-order chi connectivity index (χ1) is 6.24. The smallest absolute Gasteiger partial charge is 0.0836 e. The van der Waals surface area contributed by atoms with E-state index in [1.807, 2.05) is 33.9 Å². The Labute approximate surface area is 80.7 Å². The van der Waals surface area contributed by atoms with Crippen LogP contribution >= 0.6 is 0 Å². The molecule has 0 N–H and O–H groups in total. The Hall–Kier alpha value is -1.18. The highest BCUT2D eigenvalue weighted by Crippen LogP contribution is 2.03. The van der Waals surface area contributed by atoms with Crippen LogP contribution < -0.4 is 0 Å². The van der Waals surface area contributed by atoms with Crippen molar-refractivity contribution in [1.29, 1.82) is 0 Å². The summed E-state index contributed by atoms with van der Waals surface area (Å²) in [5.41, 5.74) is 3.32. The number of pyridine rings is 1. The van der Waals surface area contributed by atoms with Gasteiger partial charge in [0.1, 0.15) is 0 Å². The predicted molar refractivity (Wildman–Crippen MR) is 58.6 cm³/mol. The van der Waals surface area contributed by atoms with Crippen LogP contribution in [-0.4, -0.2) is 18.2 Å². The van der Waals surface area contributed by atoms with Crippen LogP contribution in [0.3, 0.4) is 0 Å². The summed E-state index contributed by atoms with van der Waals surface area (Å²) in [6.45, 7) is 8.07. The van der Waals surface area contributed by atoms with Crippen molar-refractivity contribution in [1.82, 2.24) is 4.98 Å². The van der Waals surface area contributed by atoms with Crippen molar-refractivity contribution in [3.05, 3.63) is 29.1 Å². The van der Waals surface area contributed by atoms with Gasteiger partial charge in [-0.05, 0) is 25.0 Å². The second-order valence-corrected chi connectivity index (χ2v) is 2.60. The maximum atomic E-state index is 4.22. The predicted octanol–water partition coefficient (Wildman–Crippen LogP) is 2.77. The zero-order chi connectivity index (χ0) is 10.3. The van der Waals surface area contributed by atoms with Crippen molar-refractivity contribution in [2.45, 2.75) is 27.7 Å². The van der Waals surface area contributed by atoms with Crippen molar-refractivity contribution >= 4 is 6.21 Å². The normalized spacial score (nSPS) is 9.62. The average molecular weight is 178 g/mol. The van der Waals surface area contributed by atoms with Gasteiger partial charge >= 0.3 is 0 Å². The summed E-state index contributed by atoms with van der Waals surface area (Å²) in [5, 5.41) is 0. The molecule has 0 spiro atoms. The lowest BCUT2D eigenvalue weighted by Crippen LogP contribution is -1.92. The Morgan fingerprint density at radius 2 is 1.92 bits per heavy atom. The lowest BCUT2D eigenvalue weighted by Gasteiger charge is -1.98. The van der Waals surface area contributed by atoms with Gasteiger partial charge in [-0.2, -0.15) is 0 Å². The van der Waals surface area contributed by atoms with Gasteiger partial charge in [0, 0.05) is 19.5 Å².